The lowest BCUT2D eigenvalue weighted by Gasteiger charge is -2.45. The molecule has 3 rings (SSSR count). The number of Topliss-reactive ketones (excluding diaryl/α,β-unsaturated/α-hetero) is 2. The third-order valence-electron chi connectivity index (χ3n) is 9.27. The number of nitrogens with zero attached hydrogens (tertiary/aromatic N) is 1. The van der Waals surface area contributed by atoms with Crippen molar-refractivity contribution >= 4 is 23.4 Å². The van der Waals surface area contributed by atoms with Crippen LogP contribution in [0.5, 0.6) is 0 Å². The number of aliphatic hydroxyl groups excluding tert-OH is 1. The van der Waals surface area contributed by atoms with Crippen LogP contribution in [0.25, 0.3) is 0 Å². The van der Waals surface area contributed by atoms with Gasteiger partial charge in [-0.15, -0.1) is 0 Å². The number of rotatable bonds is 7. The minimum absolute atomic E-state index is 0.106. The van der Waals surface area contributed by atoms with Gasteiger partial charge in [-0.05, 0) is 70.3 Å². The first kappa shape index (κ1) is 36.8. The molecule has 0 saturated carbocycles. The van der Waals surface area contributed by atoms with Crippen LogP contribution in [-0.2, 0) is 38.1 Å². The fourth-order valence-electron chi connectivity index (χ4n) is 6.90. The van der Waals surface area contributed by atoms with Crippen molar-refractivity contribution in [1.82, 2.24) is 4.90 Å². The smallest absolute Gasteiger partial charge is 0.329 e. The maximum atomic E-state index is 14.0. The van der Waals surface area contributed by atoms with Gasteiger partial charge in [-0.25, -0.2) is 4.79 Å². The van der Waals surface area contributed by atoms with E-state index in [2.05, 4.69) is 13.0 Å². The number of piperidine rings is 1. The number of allylic oxidation sites excluding steroid dienone is 5. The number of likely N-dealkylation sites (tertiary alicyclic amines) is 1. The summed E-state index contributed by atoms with van der Waals surface area (Å²) in [6, 6.07) is -0.880. The molecule has 1 amide bonds. The predicted molar refractivity (Wildman–Crippen MR) is 169 cm³/mol. The van der Waals surface area contributed by atoms with Crippen LogP contribution in [0.15, 0.2) is 36.0 Å². The number of carbonyl (C=O) groups excluding carboxylic acids is 4. The normalized spacial score (nSPS) is 37.8. The van der Waals surface area contributed by atoms with Gasteiger partial charge in [0.1, 0.15) is 12.1 Å². The lowest BCUT2D eigenvalue weighted by Crippen LogP contribution is -2.59. The summed E-state index contributed by atoms with van der Waals surface area (Å²) in [5, 5.41) is 11.2. The van der Waals surface area contributed by atoms with Crippen molar-refractivity contribution in [3.8, 4) is 0 Å². The zero-order valence-electron chi connectivity index (χ0n) is 28.1. The molecule has 2 fully saturated rings. The highest BCUT2D eigenvalue weighted by Crippen LogP contribution is 2.38. The largest absolute Gasteiger partial charge is 0.461 e. The third-order valence-corrected chi connectivity index (χ3v) is 9.27. The molecule has 45 heavy (non-hydrogen) atoms. The number of aliphatic hydroxyl groups is 1. The highest BCUT2D eigenvalue weighted by atomic mass is 16.5. The highest BCUT2D eigenvalue weighted by Gasteiger charge is 2.51. The van der Waals surface area contributed by atoms with Crippen molar-refractivity contribution in [1.29, 1.82) is 0 Å². The average Bonchev–Trinajstić information content (AvgIpc) is 3.01. The van der Waals surface area contributed by atoms with Gasteiger partial charge in [-0.1, -0.05) is 51.2 Å². The lowest BCUT2D eigenvalue weighted by molar-refractivity contribution is -0.195. The predicted octanol–water partition coefficient (Wildman–Crippen LogP) is 3.99. The van der Waals surface area contributed by atoms with E-state index in [4.69, 9.17) is 18.9 Å². The molecule has 2 saturated heterocycles. The number of esters is 1. The van der Waals surface area contributed by atoms with Crippen LogP contribution in [0, 0.1) is 23.7 Å². The summed E-state index contributed by atoms with van der Waals surface area (Å²) in [6.07, 6.45) is 6.98. The summed E-state index contributed by atoms with van der Waals surface area (Å²) in [4.78, 5) is 55.6. The van der Waals surface area contributed by atoms with E-state index in [1.807, 2.05) is 38.2 Å². The third kappa shape index (κ3) is 8.99. The second-order valence-electron chi connectivity index (χ2n) is 13.2. The maximum absolute atomic E-state index is 14.0. The van der Waals surface area contributed by atoms with Crippen molar-refractivity contribution in [2.75, 3.05) is 20.8 Å². The second kappa shape index (κ2) is 16.8. The number of methoxy groups -OCH3 is 2. The standard InChI is InChI=1S/C35H53NO9/c1-20(2)44-35(41)25-16-12-13-17-36(25)34(40)30(39)33-29(38)24(6)19-26(45-33)27-31(42-7)22(4)15-11-9-10-14-21(3)18-23(5)28(37)32(27)43-8/h9-11,14-15,20-21,23-27,29,31-33,38H,12-13,16-19H2,1-8H3/b11-9+,14-10-,22-15+/t21-,23+,24?,25?,26-,27?,29+,31-,32?,33+/m0/s1. The molecule has 1 aliphatic carbocycles. The van der Waals surface area contributed by atoms with Crippen LogP contribution in [0.1, 0.15) is 73.6 Å². The van der Waals surface area contributed by atoms with Crippen molar-refractivity contribution in [2.24, 2.45) is 23.7 Å². The quantitative estimate of drug-likeness (QED) is 0.328. The number of hydrogen-bond donors (Lipinski definition) is 1. The zero-order valence-corrected chi connectivity index (χ0v) is 28.1. The van der Waals surface area contributed by atoms with Gasteiger partial charge in [0.15, 0.2) is 11.9 Å². The Hall–Kier alpha value is -2.66. The molecule has 10 atom stereocenters. The molecule has 4 unspecified atom stereocenters. The van der Waals surface area contributed by atoms with Gasteiger partial charge < -0.3 is 29.0 Å². The summed E-state index contributed by atoms with van der Waals surface area (Å²) in [7, 11) is 3.04. The maximum Gasteiger partial charge on any atom is 0.329 e. The van der Waals surface area contributed by atoms with E-state index in [1.54, 1.807) is 27.9 Å². The molecule has 0 bridgehead atoms. The first-order chi connectivity index (χ1) is 21.3. The minimum Gasteiger partial charge on any atom is -0.461 e. The molecule has 0 aromatic heterocycles. The molecule has 0 spiro atoms. The van der Waals surface area contributed by atoms with Gasteiger partial charge in [-0.2, -0.15) is 0 Å². The van der Waals surface area contributed by atoms with Crippen molar-refractivity contribution in [2.45, 2.75) is 116 Å². The summed E-state index contributed by atoms with van der Waals surface area (Å²) in [6.45, 7) is 11.3. The van der Waals surface area contributed by atoms with Crippen LogP contribution in [-0.4, -0.2) is 96.9 Å². The van der Waals surface area contributed by atoms with Gasteiger partial charge in [0.05, 0.1) is 24.4 Å². The van der Waals surface area contributed by atoms with Gasteiger partial charge >= 0.3 is 5.97 Å². The molecule has 10 heteroatoms. The first-order valence-corrected chi connectivity index (χ1v) is 16.3. The molecule has 1 N–H and O–H groups in total. The van der Waals surface area contributed by atoms with E-state index in [0.717, 1.165) is 12.0 Å². The van der Waals surface area contributed by atoms with Gasteiger partial charge in [0.25, 0.3) is 11.7 Å². The Labute approximate surface area is 268 Å². The van der Waals surface area contributed by atoms with E-state index in [-0.39, 0.29) is 30.3 Å². The SMILES string of the molecule is COC1C(=O)[C@H](C)C[C@@H](C)\C=C/C=C/C=C(\C)[C@H](OC)C1[C@@H]1CC(C)[C@@H](O)[C@H](C(=O)C(=O)N2CCCCC2C(=O)OC(C)C)O1. The van der Waals surface area contributed by atoms with Crippen LogP contribution in [0.3, 0.4) is 0 Å². The van der Waals surface area contributed by atoms with Gasteiger partial charge in [0.2, 0.25) is 0 Å². The number of ketones is 2. The fraction of sp³-hybridized carbons (Fsp3) is 0.714. The Bertz CT molecular complexity index is 1140. The number of amides is 1. The van der Waals surface area contributed by atoms with E-state index in [9.17, 15) is 24.3 Å². The Kier molecular flexibility index (Phi) is 13.7. The lowest BCUT2D eigenvalue weighted by atomic mass is 9.75. The molecule has 0 aromatic carbocycles. The number of ether oxygens (including phenoxy) is 4. The molecular formula is C35H53NO9. The fourth-order valence-corrected chi connectivity index (χ4v) is 6.90. The van der Waals surface area contributed by atoms with Crippen molar-refractivity contribution < 1.29 is 43.2 Å². The average molecular weight is 632 g/mol. The molecule has 2 aliphatic heterocycles. The molecule has 0 radical (unpaired) electrons. The Morgan fingerprint density at radius 3 is 2.33 bits per heavy atom. The minimum atomic E-state index is -1.49. The monoisotopic (exact) mass is 631 g/mol. The summed E-state index contributed by atoms with van der Waals surface area (Å²) < 4.78 is 23.7. The summed E-state index contributed by atoms with van der Waals surface area (Å²) >= 11 is 0. The van der Waals surface area contributed by atoms with Crippen LogP contribution in [0.2, 0.25) is 0 Å². The molecule has 0 aromatic rings. The molecule has 3 aliphatic rings. The summed E-state index contributed by atoms with van der Waals surface area (Å²) in [5.74, 6) is -3.79. The Morgan fingerprint density at radius 2 is 1.69 bits per heavy atom. The number of hydrogen-bond acceptors (Lipinski definition) is 9. The topological polar surface area (TPSA) is 129 Å². The number of carbonyl (C=O) groups is 4. The summed E-state index contributed by atoms with van der Waals surface area (Å²) in [5.41, 5.74) is 0.822. The van der Waals surface area contributed by atoms with E-state index >= 15 is 0 Å². The Balaban J connectivity index is 1.99. The van der Waals surface area contributed by atoms with Gasteiger partial charge in [-0.3, -0.25) is 14.4 Å². The van der Waals surface area contributed by atoms with Crippen LogP contribution in [0.4, 0.5) is 0 Å². The van der Waals surface area contributed by atoms with Gasteiger partial charge in [0, 0.05) is 32.6 Å². The first-order valence-electron chi connectivity index (χ1n) is 16.3. The van der Waals surface area contributed by atoms with E-state index < -0.39 is 66.1 Å². The molecule has 10 nitrogen and oxygen atoms in total. The molecule has 252 valence electrons. The van der Waals surface area contributed by atoms with Crippen LogP contribution < -0.4 is 0 Å². The molecular weight excluding hydrogens is 578 g/mol. The molecule has 2 heterocycles. The van der Waals surface area contributed by atoms with E-state index in [0.29, 0.717) is 25.7 Å². The highest BCUT2D eigenvalue weighted by molar-refractivity contribution is 6.38. The Morgan fingerprint density at radius 1 is 1.00 bits per heavy atom. The van der Waals surface area contributed by atoms with Crippen LogP contribution >= 0.6 is 0 Å². The van der Waals surface area contributed by atoms with Crippen molar-refractivity contribution in [3.63, 3.8) is 0 Å². The van der Waals surface area contributed by atoms with E-state index in [1.165, 1.54) is 12.0 Å². The zero-order chi connectivity index (χ0) is 33.4. The second-order valence-corrected chi connectivity index (χ2v) is 13.2. The van der Waals surface area contributed by atoms with Crippen molar-refractivity contribution in [3.05, 3.63) is 36.0 Å².